The second-order valence-corrected chi connectivity index (χ2v) is 9.71. The van der Waals surface area contributed by atoms with Crippen LogP contribution in [-0.2, 0) is 21.2 Å². The fourth-order valence-corrected chi connectivity index (χ4v) is 5.74. The molecule has 1 aliphatic heterocycles. The molecule has 0 N–H and O–H groups in total. The normalized spacial score (nSPS) is 23.3. The number of rotatable bonds is 7. The Morgan fingerprint density at radius 1 is 1.30 bits per heavy atom. The van der Waals surface area contributed by atoms with Crippen LogP contribution in [0.2, 0.25) is 0 Å². The van der Waals surface area contributed by atoms with Crippen LogP contribution in [0.5, 0.6) is 0 Å². The number of hydrogen-bond acceptors (Lipinski definition) is 5. The first-order valence-electron chi connectivity index (χ1n) is 8.25. The van der Waals surface area contributed by atoms with Gasteiger partial charge < -0.3 is 4.90 Å². The van der Waals surface area contributed by atoms with Gasteiger partial charge in [-0.25, -0.2) is 8.42 Å². The first kappa shape index (κ1) is 16.9. The highest BCUT2D eigenvalue weighted by Crippen LogP contribution is 2.29. The van der Waals surface area contributed by atoms with E-state index in [-0.39, 0.29) is 23.5 Å². The van der Waals surface area contributed by atoms with Crippen LogP contribution in [0.25, 0.3) is 0 Å². The molecule has 23 heavy (non-hydrogen) atoms. The van der Waals surface area contributed by atoms with Crippen molar-refractivity contribution in [3.05, 3.63) is 22.4 Å². The van der Waals surface area contributed by atoms with Crippen molar-refractivity contribution >= 4 is 27.1 Å². The molecule has 1 aromatic rings. The Labute approximate surface area is 142 Å². The van der Waals surface area contributed by atoms with Gasteiger partial charge >= 0.3 is 0 Å². The van der Waals surface area contributed by atoms with Crippen molar-refractivity contribution in [2.45, 2.75) is 44.8 Å². The predicted octanol–water partition coefficient (Wildman–Crippen LogP) is 1.75. The second-order valence-electron chi connectivity index (χ2n) is 6.45. The summed E-state index contributed by atoms with van der Waals surface area (Å²) in [5, 5.41) is 2.06. The molecule has 0 bridgehead atoms. The lowest BCUT2D eigenvalue weighted by Crippen LogP contribution is -2.46. The lowest BCUT2D eigenvalue weighted by Gasteiger charge is -2.30. The lowest BCUT2D eigenvalue weighted by molar-refractivity contribution is -0.134. The summed E-state index contributed by atoms with van der Waals surface area (Å²) in [6.45, 7) is 3.72. The maximum atomic E-state index is 12.7. The SMILES string of the molecule is CCN(C(=O)CN(Cc1cccs1)C1CC1)C1CCS(=O)(=O)C1. The summed E-state index contributed by atoms with van der Waals surface area (Å²) in [4.78, 5) is 18.0. The van der Waals surface area contributed by atoms with Crippen LogP contribution < -0.4 is 0 Å². The first-order valence-corrected chi connectivity index (χ1v) is 10.9. The van der Waals surface area contributed by atoms with Crippen LogP contribution in [0.4, 0.5) is 0 Å². The summed E-state index contributed by atoms with van der Waals surface area (Å²) in [6, 6.07) is 4.51. The highest BCUT2D eigenvalue weighted by Gasteiger charge is 2.36. The molecular weight excluding hydrogens is 332 g/mol. The molecule has 2 aliphatic rings. The average molecular weight is 357 g/mol. The number of likely N-dealkylation sites (N-methyl/N-ethyl adjacent to an activating group) is 1. The molecule has 0 spiro atoms. The number of sulfone groups is 1. The molecule has 1 atom stereocenters. The number of carbonyl (C=O) groups excluding carboxylic acids is 1. The van der Waals surface area contributed by atoms with Gasteiger partial charge in [-0.1, -0.05) is 6.07 Å². The summed E-state index contributed by atoms with van der Waals surface area (Å²) in [7, 11) is -2.96. The van der Waals surface area contributed by atoms with Crippen LogP contribution in [0.3, 0.4) is 0 Å². The van der Waals surface area contributed by atoms with Gasteiger partial charge in [0.25, 0.3) is 0 Å². The van der Waals surface area contributed by atoms with Gasteiger partial charge in [-0.2, -0.15) is 0 Å². The second kappa shape index (κ2) is 6.91. The fraction of sp³-hybridized carbons (Fsp3) is 0.688. The molecule has 1 amide bonds. The summed E-state index contributed by atoms with van der Waals surface area (Å²) in [5.74, 6) is 0.405. The minimum Gasteiger partial charge on any atom is -0.338 e. The molecule has 2 heterocycles. The lowest BCUT2D eigenvalue weighted by atomic mass is 10.2. The molecule has 1 aromatic heterocycles. The molecule has 1 saturated heterocycles. The molecule has 1 saturated carbocycles. The molecule has 5 nitrogen and oxygen atoms in total. The summed E-state index contributed by atoms with van der Waals surface area (Å²) in [5.41, 5.74) is 0. The largest absolute Gasteiger partial charge is 0.338 e. The van der Waals surface area contributed by atoms with E-state index in [2.05, 4.69) is 16.3 Å². The van der Waals surface area contributed by atoms with Crippen molar-refractivity contribution < 1.29 is 13.2 Å². The third kappa shape index (κ3) is 4.33. The average Bonchev–Trinajstić information content (AvgIpc) is 3.11. The number of amides is 1. The van der Waals surface area contributed by atoms with Gasteiger partial charge in [0.15, 0.2) is 9.84 Å². The Bertz CT molecular complexity index is 638. The van der Waals surface area contributed by atoms with E-state index in [1.54, 1.807) is 16.2 Å². The monoisotopic (exact) mass is 356 g/mol. The number of hydrogen-bond donors (Lipinski definition) is 0. The van der Waals surface area contributed by atoms with Crippen LogP contribution in [0, 0.1) is 0 Å². The van der Waals surface area contributed by atoms with Crippen molar-refractivity contribution in [2.24, 2.45) is 0 Å². The zero-order valence-electron chi connectivity index (χ0n) is 13.5. The van der Waals surface area contributed by atoms with Crippen LogP contribution in [0.1, 0.15) is 31.1 Å². The molecule has 2 fully saturated rings. The van der Waals surface area contributed by atoms with Crippen molar-refractivity contribution in [2.75, 3.05) is 24.6 Å². The van der Waals surface area contributed by atoms with E-state index in [4.69, 9.17) is 0 Å². The molecular formula is C16H24N2O3S2. The van der Waals surface area contributed by atoms with E-state index in [9.17, 15) is 13.2 Å². The van der Waals surface area contributed by atoms with Crippen molar-refractivity contribution in [3.63, 3.8) is 0 Å². The first-order chi connectivity index (χ1) is 11.0. The standard InChI is InChI=1S/C16H24N2O3S2/c1-2-18(14-7-9-23(20,21)12-14)16(19)11-17(13-5-6-13)10-15-4-3-8-22-15/h3-4,8,13-14H,2,5-7,9-12H2,1H3. The van der Waals surface area contributed by atoms with Crippen LogP contribution in [-0.4, -0.2) is 60.8 Å². The van der Waals surface area contributed by atoms with Gasteiger partial charge in [0.05, 0.1) is 18.1 Å². The van der Waals surface area contributed by atoms with Gasteiger partial charge in [0.2, 0.25) is 5.91 Å². The number of nitrogens with zero attached hydrogens (tertiary/aromatic N) is 2. The van der Waals surface area contributed by atoms with E-state index in [1.165, 1.54) is 4.88 Å². The van der Waals surface area contributed by atoms with E-state index in [1.807, 2.05) is 13.0 Å². The predicted molar refractivity (Wildman–Crippen MR) is 92.2 cm³/mol. The smallest absolute Gasteiger partial charge is 0.237 e. The maximum absolute atomic E-state index is 12.7. The molecule has 0 radical (unpaired) electrons. The minimum absolute atomic E-state index is 0.0676. The quantitative estimate of drug-likeness (QED) is 0.747. The van der Waals surface area contributed by atoms with E-state index < -0.39 is 9.84 Å². The summed E-state index contributed by atoms with van der Waals surface area (Å²) < 4.78 is 23.4. The van der Waals surface area contributed by atoms with Crippen LogP contribution in [0.15, 0.2) is 17.5 Å². The zero-order chi connectivity index (χ0) is 16.4. The van der Waals surface area contributed by atoms with Crippen molar-refractivity contribution in [1.29, 1.82) is 0 Å². The van der Waals surface area contributed by atoms with E-state index >= 15 is 0 Å². The van der Waals surface area contributed by atoms with Crippen LogP contribution >= 0.6 is 11.3 Å². The number of carbonyl (C=O) groups is 1. The highest BCUT2D eigenvalue weighted by molar-refractivity contribution is 7.91. The Morgan fingerprint density at radius 2 is 2.09 bits per heavy atom. The topological polar surface area (TPSA) is 57.7 Å². The summed E-state index contributed by atoms with van der Waals surface area (Å²) >= 11 is 1.72. The van der Waals surface area contributed by atoms with Crippen molar-refractivity contribution in [1.82, 2.24) is 9.80 Å². The minimum atomic E-state index is -2.96. The van der Waals surface area contributed by atoms with Gasteiger partial charge in [-0.05, 0) is 37.6 Å². The fourth-order valence-electron chi connectivity index (χ4n) is 3.28. The third-order valence-electron chi connectivity index (χ3n) is 4.65. The summed E-state index contributed by atoms with van der Waals surface area (Å²) in [6.07, 6.45) is 2.89. The molecule has 0 aromatic carbocycles. The van der Waals surface area contributed by atoms with E-state index in [0.29, 0.717) is 25.6 Å². The van der Waals surface area contributed by atoms with Gasteiger partial charge in [0, 0.05) is 30.1 Å². The third-order valence-corrected chi connectivity index (χ3v) is 7.26. The molecule has 1 aliphatic carbocycles. The number of thiophene rings is 1. The van der Waals surface area contributed by atoms with Gasteiger partial charge in [-0.15, -0.1) is 11.3 Å². The highest BCUT2D eigenvalue weighted by atomic mass is 32.2. The van der Waals surface area contributed by atoms with Crippen molar-refractivity contribution in [3.8, 4) is 0 Å². The Morgan fingerprint density at radius 3 is 2.61 bits per heavy atom. The van der Waals surface area contributed by atoms with Gasteiger partial charge in [-0.3, -0.25) is 9.69 Å². The van der Waals surface area contributed by atoms with E-state index in [0.717, 1.165) is 19.4 Å². The van der Waals surface area contributed by atoms with Gasteiger partial charge in [0.1, 0.15) is 0 Å². The molecule has 1 unspecified atom stereocenters. The Balaban J connectivity index is 1.63. The molecule has 128 valence electrons. The molecule has 7 heteroatoms. The Kier molecular flexibility index (Phi) is 5.08. The molecule has 3 rings (SSSR count). The maximum Gasteiger partial charge on any atom is 0.237 e. The Hall–Kier alpha value is -0.920. The zero-order valence-corrected chi connectivity index (χ0v) is 15.1.